The van der Waals surface area contributed by atoms with Crippen LogP contribution in [0.15, 0.2) is 42.7 Å². The van der Waals surface area contributed by atoms with Crippen LogP contribution in [0.1, 0.15) is 10.4 Å². The summed E-state index contributed by atoms with van der Waals surface area (Å²) in [7, 11) is 2.82. The predicted octanol–water partition coefficient (Wildman–Crippen LogP) is 2.45. The van der Waals surface area contributed by atoms with Crippen molar-refractivity contribution >= 4 is 16.9 Å². The summed E-state index contributed by atoms with van der Waals surface area (Å²) in [5, 5.41) is 10.8. The molecule has 3 aromatic rings. The van der Waals surface area contributed by atoms with Crippen molar-refractivity contribution in [3.63, 3.8) is 0 Å². The Balaban J connectivity index is 2.12. The van der Waals surface area contributed by atoms with Crippen molar-refractivity contribution < 1.29 is 19.4 Å². The average molecular weight is 298 g/mol. The molecule has 22 heavy (non-hydrogen) atoms. The highest BCUT2D eigenvalue weighted by Crippen LogP contribution is 2.37. The molecule has 6 nitrogen and oxygen atoms in total. The zero-order valence-corrected chi connectivity index (χ0v) is 12.1. The van der Waals surface area contributed by atoms with E-state index in [1.54, 1.807) is 12.4 Å². The van der Waals surface area contributed by atoms with Gasteiger partial charge in [0.05, 0.1) is 14.2 Å². The third-order valence-electron chi connectivity index (χ3n) is 3.39. The zero-order valence-electron chi connectivity index (χ0n) is 12.1. The number of hydrogen-bond donors (Lipinski definition) is 1. The monoisotopic (exact) mass is 298 g/mol. The molecule has 1 aromatic carbocycles. The van der Waals surface area contributed by atoms with Crippen LogP contribution in [0.5, 0.6) is 17.2 Å². The SMILES string of the molecule is COc1cc(C(=O)n2ccc3cccnc32)cc(OC)c1O. The van der Waals surface area contributed by atoms with Gasteiger partial charge in [0, 0.05) is 23.3 Å². The van der Waals surface area contributed by atoms with Gasteiger partial charge in [0.1, 0.15) is 5.65 Å². The number of ether oxygens (including phenoxy) is 2. The van der Waals surface area contributed by atoms with Crippen LogP contribution in [0.3, 0.4) is 0 Å². The Labute approximate surface area is 126 Å². The lowest BCUT2D eigenvalue weighted by Crippen LogP contribution is -2.11. The van der Waals surface area contributed by atoms with Crippen LogP contribution < -0.4 is 9.47 Å². The number of aromatic hydroxyl groups is 1. The summed E-state index contributed by atoms with van der Waals surface area (Å²) in [6.45, 7) is 0. The normalized spacial score (nSPS) is 10.6. The van der Waals surface area contributed by atoms with Crippen molar-refractivity contribution in [2.75, 3.05) is 14.2 Å². The minimum Gasteiger partial charge on any atom is -0.502 e. The fraction of sp³-hybridized carbons (Fsp3) is 0.125. The van der Waals surface area contributed by atoms with E-state index in [0.29, 0.717) is 11.2 Å². The van der Waals surface area contributed by atoms with Crippen molar-refractivity contribution in [3.05, 3.63) is 48.3 Å². The van der Waals surface area contributed by atoms with Crippen molar-refractivity contribution in [1.29, 1.82) is 0 Å². The molecule has 0 fully saturated rings. The summed E-state index contributed by atoms with van der Waals surface area (Å²) in [5.41, 5.74) is 0.896. The van der Waals surface area contributed by atoms with Crippen LogP contribution in [0.25, 0.3) is 11.0 Å². The molecule has 0 aliphatic rings. The number of rotatable bonds is 3. The summed E-state index contributed by atoms with van der Waals surface area (Å²) >= 11 is 0. The molecule has 1 N–H and O–H groups in total. The number of phenolic OH excluding ortho intramolecular Hbond substituents is 1. The number of hydrogen-bond acceptors (Lipinski definition) is 5. The van der Waals surface area contributed by atoms with E-state index in [-0.39, 0.29) is 23.2 Å². The van der Waals surface area contributed by atoms with Crippen LogP contribution in [0, 0.1) is 0 Å². The van der Waals surface area contributed by atoms with E-state index in [0.717, 1.165) is 5.39 Å². The molecule has 0 amide bonds. The highest BCUT2D eigenvalue weighted by atomic mass is 16.5. The van der Waals surface area contributed by atoms with Gasteiger partial charge in [-0.25, -0.2) is 4.98 Å². The van der Waals surface area contributed by atoms with Crippen LogP contribution >= 0.6 is 0 Å². The minimum absolute atomic E-state index is 0.142. The molecule has 0 bridgehead atoms. The van der Waals surface area contributed by atoms with Gasteiger partial charge in [-0.15, -0.1) is 0 Å². The minimum atomic E-state index is -0.287. The first-order valence-electron chi connectivity index (χ1n) is 6.57. The van der Waals surface area contributed by atoms with Gasteiger partial charge < -0.3 is 14.6 Å². The summed E-state index contributed by atoms with van der Waals surface area (Å²) in [6.07, 6.45) is 3.29. The van der Waals surface area contributed by atoms with E-state index in [4.69, 9.17) is 9.47 Å². The molecular formula is C16H14N2O4. The maximum Gasteiger partial charge on any atom is 0.263 e. The van der Waals surface area contributed by atoms with Gasteiger partial charge in [-0.1, -0.05) is 0 Å². The number of carbonyl (C=O) groups is 1. The van der Waals surface area contributed by atoms with E-state index in [1.807, 2.05) is 18.2 Å². The molecule has 0 aliphatic carbocycles. The van der Waals surface area contributed by atoms with E-state index in [1.165, 1.54) is 30.9 Å². The number of pyridine rings is 1. The molecule has 0 radical (unpaired) electrons. The van der Waals surface area contributed by atoms with Gasteiger partial charge in [-0.05, 0) is 30.3 Å². The second-order valence-corrected chi connectivity index (χ2v) is 4.64. The number of phenols is 1. The van der Waals surface area contributed by atoms with E-state index < -0.39 is 0 Å². The van der Waals surface area contributed by atoms with Gasteiger partial charge in [0.25, 0.3) is 5.91 Å². The van der Waals surface area contributed by atoms with Gasteiger partial charge in [-0.3, -0.25) is 9.36 Å². The highest BCUT2D eigenvalue weighted by Gasteiger charge is 2.18. The molecule has 0 atom stereocenters. The second kappa shape index (κ2) is 5.40. The number of fused-ring (bicyclic) bond motifs is 1. The topological polar surface area (TPSA) is 73.6 Å². The molecule has 112 valence electrons. The van der Waals surface area contributed by atoms with Gasteiger partial charge in [0.2, 0.25) is 5.75 Å². The number of methoxy groups -OCH3 is 2. The lowest BCUT2D eigenvalue weighted by atomic mass is 10.1. The first kappa shape index (κ1) is 13.9. The Kier molecular flexibility index (Phi) is 3.42. The Morgan fingerprint density at radius 2 is 1.86 bits per heavy atom. The van der Waals surface area contributed by atoms with E-state index >= 15 is 0 Å². The average Bonchev–Trinajstić information content (AvgIpc) is 2.98. The molecule has 0 unspecified atom stereocenters. The lowest BCUT2D eigenvalue weighted by molar-refractivity contribution is 0.0963. The molecule has 0 saturated heterocycles. The summed E-state index contributed by atoms with van der Waals surface area (Å²) in [5.74, 6) is -0.0819. The van der Waals surface area contributed by atoms with Crippen molar-refractivity contribution in [2.24, 2.45) is 0 Å². The maximum absolute atomic E-state index is 12.7. The van der Waals surface area contributed by atoms with Crippen LogP contribution in [-0.2, 0) is 0 Å². The van der Waals surface area contributed by atoms with Gasteiger partial charge >= 0.3 is 0 Å². The molecule has 6 heteroatoms. The van der Waals surface area contributed by atoms with E-state index in [2.05, 4.69) is 4.98 Å². The molecule has 0 spiro atoms. The number of benzene rings is 1. The smallest absolute Gasteiger partial charge is 0.263 e. The fourth-order valence-corrected chi connectivity index (χ4v) is 2.29. The maximum atomic E-state index is 12.7. The van der Waals surface area contributed by atoms with Crippen LogP contribution in [0.4, 0.5) is 0 Å². The quantitative estimate of drug-likeness (QED) is 0.804. The lowest BCUT2D eigenvalue weighted by Gasteiger charge is -2.11. The highest BCUT2D eigenvalue weighted by molar-refractivity contribution is 6.02. The molecule has 0 aliphatic heterocycles. The van der Waals surface area contributed by atoms with Gasteiger partial charge in [0.15, 0.2) is 11.5 Å². The molecule has 0 saturated carbocycles. The summed E-state index contributed by atoms with van der Waals surface area (Å²) in [6, 6.07) is 8.44. The van der Waals surface area contributed by atoms with Crippen LogP contribution in [0.2, 0.25) is 0 Å². The second-order valence-electron chi connectivity index (χ2n) is 4.64. The predicted molar refractivity (Wildman–Crippen MR) is 80.7 cm³/mol. The molecular weight excluding hydrogens is 284 g/mol. The molecule has 3 rings (SSSR count). The number of aromatic nitrogens is 2. The van der Waals surface area contributed by atoms with Crippen LogP contribution in [-0.4, -0.2) is 34.8 Å². The third-order valence-corrected chi connectivity index (χ3v) is 3.39. The molecule has 2 heterocycles. The Morgan fingerprint density at radius 1 is 1.18 bits per heavy atom. The first-order chi connectivity index (χ1) is 10.7. The van der Waals surface area contributed by atoms with Crippen molar-refractivity contribution in [1.82, 2.24) is 9.55 Å². The Hall–Kier alpha value is -3.02. The summed E-state index contributed by atoms with van der Waals surface area (Å²) < 4.78 is 11.6. The Bertz CT molecular complexity index is 829. The standard InChI is InChI=1S/C16H14N2O4/c1-21-12-8-11(9-13(22-2)14(12)19)16(20)18-7-5-10-4-3-6-17-15(10)18/h3-9,19H,1-2H3. The first-order valence-corrected chi connectivity index (χ1v) is 6.57. The van der Waals surface area contributed by atoms with E-state index in [9.17, 15) is 9.90 Å². The number of carbonyl (C=O) groups excluding carboxylic acids is 1. The summed E-state index contributed by atoms with van der Waals surface area (Å²) in [4.78, 5) is 16.9. The third kappa shape index (κ3) is 2.14. The fourth-order valence-electron chi connectivity index (χ4n) is 2.29. The van der Waals surface area contributed by atoms with Gasteiger partial charge in [-0.2, -0.15) is 0 Å². The van der Waals surface area contributed by atoms with Crippen molar-refractivity contribution in [2.45, 2.75) is 0 Å². The Morgan fingerprint density at radius 3 is 2.50 bits per heavy atom. The van der Waals surface area contributed by atoms with Crippen molar-refractivity contribution in [3.8, 4) is 17.2 Å². The largest absolute Gasteiger partial charge is 0.502 e. The zero-order chi connectivity index (χ0) is 15.7. The molecule has 2 aromatic heterocycles. The number of nitrogens with zero attached hydrogens (tertiary/aromatic N) is 2.